The van der Waals surface area contributed by atoms with Crippen molar-refractivity contribution in [3.63, 3.8) is 0 Å². The second-order valence-electron chi connectivity index (χ2n) is 6.13. The minimum absolute atomic E-state index is 0.0971. The number of para-hydroxylation sites is 1. The van der Waals surface area contributed by atoms with E-state index in [4.69, 9.17) is 20.8 Å². The molecule has 26 heavy (non-hydrogen) atoms. The number of hydrogen-bond donors (Lipinski definition) is 1. The number of ketones is 1. The summed E-state index contributed by atoms with van der Waals surface area (Å²) in [7, 11) is 0. The van der Waals surface area contributed by atoms with E-state index in [0.717, 1.165) is 6.42 Å². The molecule has 1 fully saturated rings. The normalized spacial score (nSPS) is 16.7. The maximum absolute atomic E-state index is 12.9. The summed E-state index contributed by atoms with van der Waals surface area (Å²) in [5.41, 5.74) is 1.34. The average Bonchev–Trinajstić information content (AvgIpc) is 3.30. The van der Waals surface area contributed by atoms with Crippen molar-refractivity contribution in [1.29, 1.82) is 0 Å². The topological polar surface area (TPSA) is 68.5 Å². The zero-order valence-corrected chi connectivity index (χ0v) is 14.6. The number of carbonyl (C=O) groups excluding carboxylic acids is 2. The van der Waals surface area contributed by atoms with Crippen molar-refractivity contribution in [3.05, 3.63) is 64.9 Å². The van der Waals surface area contributed by atoms with E-state index < -0.39 is 6.10 Å². The fraction of sp³-hybridized carbons (Fsp3) is 0.200. The molecule has 5 nitrogen and oxygen atoms in total. The summed E-state index contributed by atoms with van der Waals surface area (Å²) in [6, 6.07) is 13.7. The number of ether oxygens (including phenoxy) is 1. The van der Waals surface area contributed by atoms with Gasteiger partial charge in [0.2, 0.25) is 5.78 Å². The van der Waals surface area contributed by atoms with E-state index in [2.05, 4.69) is 5.32 Å². The van der Waals surface area contributed by atoms with E-state index in [1.54, 1.807) is 30.3 Å². The van der Waals surface area contributed by atoms with E-state index in [9.17, 15) is 9.59 Å². The molecule has 0 bridgehead atoms. The quantitative estimate of drug-likeness (QED) is 0.690. The second-order valence-corrected chi connectivity index (χ2v) is 6.57. The molecule has 1 amide bonds. The minimum Gasteiger partial charge on any atom is -0.450 e. The van der Waals surface area contributed by atoms with Gasteiger partial charge in [-0.3, -0.25) is 9.59 Å². The lowest BCUT2D eigenvalue weighted by atomic mass is 10.1. The first-order valence-electron chi connectivity index (χ1n) is 8.38. The van der Waals surface area contributed by atoms with E-state index >= 15 is 0 Å². The Kier molecular flexibility index (Phi) is 4.49. The van der Waals surface area contributed by atoms with Crippen molar-refractivity contribution in [2.75, 3.05) is 11.9 Å². The molecule has 132 valence electrons. The fourth-order valence-electron chi connectivity index (χ4n) is 3.05. The maximum atomic E-state index is 12.9. The summed E-state index contributed by atoms with van der Waals surface area (Å²) in [6.45, 7) is 0.570. The molecule has 1 saturated heterocycles. The number of anilines is 1. The Morgan fingerprint density at radius 1 is 1.08 bits per heavy atom. The van der Waals surface area contributed by atoms with Crippen molar-refractivity contribution in [2.24, 2.45) is 0 Å². The molecule has 1 atom stereocenters. The number of rotatable bonds is 4. The van der Waals surface area contributed by atoms with E-state index in [0.29, 0.717) is 40.3 Å². The molecule has 0 spiro atoms. The highest BCUT2D eigenvalue weighted by Crippen LogP contribution is 2.33. The van der Waals surface area contributed by atoms with Crippen molar-refractivity contribution in [1.82, 2.24) is 0 Å². The van der Waals surface area contributed by atoms with Crippen LogP contribution in [-0.2, 0) is 9.53 Å². The Morgan fingerprint density at radius 3 is 2.58 bits per heavy atom. The maximum Gasteiger partial charge on any atom is 0.253 e. The molecule has 6 heteroatoms. The van der Waals surface area contributed by atoms with Gasteiger partial charge in [-0.1, -0.05) is 23.7 Å². The van der Waals surface area contributed by atoms with Gasteiger partial charge in [0.25, 0.3) is 5.91 Å². The van der Waals surface area contributed by atoms with Gasteiger partial charge in [-0.2, -0.15) is 0 Å². The monoisotopic (exact) mass is 369 g/mol. The van der Waals surface area contributed by atoms with Crippen molar-refractivity contribution in [3.8, 4) is 0 Å². The molecule has 1 aliphatic heterocycles. The third kappa shape index (κ3) is 3.11. The Labute approximate surface area is 154 Å². The average molecular weight is 370 g/mol. The number of fused-ring (bicyclic) bond motifs is 1. The lowest BCUT2D eigenvalue weighted by Gasteiger charge is -2.10. The lowest BCUT2D eigenvalue weighted by Crippen LogP contribution is -2.27. The van der Waals surface area contributed by atoms with Crippen LogP contribution >= 0.6 is 11.6 Å². The Bertz CT molecular complexity index is 971. The van der Waals surface area contributed by atoms with Crippen LogP contribution in [0.25, 0.3) is 11.0 Å². The third-order valence-electron chi connectivity index (χ3n) is 4.38. The van der Waals surface area contributed by atoms with E-state index in [-0.39, 0.29) is 17.5 Å². The number of amides is 1. The van der Waals surface area contributed by atoms with Crippen molar-refractivity contribution in [2.45, 2.75) is 18.9 Å². The number of hydrogen-bond acceptors (Lipinski definition) is 4. The molecule has 2 heterocycles. The first-order chi connectivity index (χ1) is 12.6. The third-order valence-corrected chi connectivity index (χ3v) is 4.63. The van der Waals surface area contributed by atoms with Crippen LogP contribution in [-0.4, -0.2) is 24.4 Å². The van der Waals surface area contributed by atoms with Gasteiger partial charge in [-0.25, -0.2) is 0 Å². The van der Waals surface area contributed by atoms with Gasteiger partial charge in [-0.15, -0.1) is 0 Å². The van der Waals surface area contributed by atoms with Gasteiger partial charge in [0.1, 0.15) is 11.7 Å². The molecule has 0 unspecified atom stereocenters. The number of carbonyl (C=O) groups is 2. The standard InChI is InChI=1S/C20H16ClNO4/c21-13-9-7-12(8-10-13)18(23)19-17(14-4-1-2-5-15(14)26-19)22-20(24)16-6-3-11-25-16/h1-2,4-5,7-10,16H,3,6,11H2,(H,22,24)/t16-/m1/s1. The van der Waals surface area contributed by atoms with Crippen LogP contribution in [0, 0.1) is 0 Å². The summed E-state index contributed by atoms with van der Waals surface area (Å²) < 4.78 is 11.2. The molecule has 1 aliphatic rings. The molecule has 0 aliphatic carbocycles. The van der Waals surface area contributed by atoms with Crippen LogP contribution < -0.4 is 5.32 Å². The molecule has 0 saturated carbocycles. The minimum atomic E-state index is -0.498. The first-order valence-corrected chi connectivity index (χ1v) is 8.75. The van der Waals surface area contributed by atoms with Gasteiger partial charge >= 0.3 is 0 Å². The molecular formula is C20H16ClNO4. The molecule has 1 aromatic heterocycles. The molecular weight excluding hydrogens is 354 g/mol. The predicted molar refractivity (Wildman–Crippen MR) is 98.7 cm³/mol. The highest BCUT2D eigenvalue weighted by molar-refractivity contribution is 6.30. The van der Waals surface area contributed by atoms with Gasteiger partial charge in [-0.05, 0) is 49.2 Å². The zero-order chi connectivity index (χ0) is 18.1. The van der Waals surface area contributed by atoms with Gasteiger partial charge < -0.3 is 14.5 Å². The van der Waals surface area contributed by atoms with Gasteiger partial charge in [0, 0.05) is 22.6 Å². The van der Waals surface area contributed by atoms with Crippen LogP contribution in [0.15, 0.2) is 52.9 Å². The van der Waals surface area contributed by atoms with Crippen LogP contribution in [0.3, 0.4) is 0 Å². The zero-order valence-electron chi connectivity index (χ0n) is 13.8. The van der Waals surface area contributed by atoms with E-state index in [1.165, 1.54) is 0 Å². The second kappa shape index (κ2) is 6.94. The largest absolute Gasteiger partial charge is 0.450 e. The van der Waals surface area contributed by atoms with Crippen LogP contribution in [0.1, 0.15) is 29.0 Å². The van der Waals surface area contributed by atoms with Crippen molar-refractivity contribution < 1.29 is 18.7 Å². The number of halogens is 1. The van der Waals surface area contributed by atoms with Gasteiger partial charge in [0.15, 0.2) is 5.76 Å². The van der Waals surface area contributed by atoms with Crippen molar-refractivity contribution >= 4 is 39.9 Å². The first kappa shape index (κ1) is 16.8. The highest BCUT2D eigenvalue weighted by atomic mass is 35.5. The molecule has 0 radical (unpaired) electrons. The SMILES string of the molecule is O=C(c1ccc(Cl)cc1)c1oc2ccccc2c1NC(=O)[C@H]1CCCO1. The summed E-state index contributed by atoms with van der Waals surface area (Å²) in [6.07, 6.45) is 1.02. The van der Waals surface area contributed by atoms with E-state index in [1.807, 2.05) is 18.2 Å². The number of benzene rings is 2. The lowest BCUT2D eigenvalue weighted by molar-refractivity contribution is -0.124. The predicted octanol–water partition coefficient (Wildman–Crippen LogP) is 4.43. The summed E-state index contributed by atoms with van der Waals surface area (Å²) in [5, 5.41) is 4.05. The summed E-state index contributed by atoms with van der Waals surface area (Å²) in [5.74, 6) is -0.486. The Hall–Kier alpha value is -2.63. The highest BCUT2D eigenvalue weighted by Gasteiger charge is 2.28. The number of nitrogens with one attached hydrogen (secondary N) is 1. The van der Waals surface area contributed by atoms with Crippen LogP contribution in [0.5, 0.6) is 0 Å². The summed E-state index contributed by atoms with van der Waals surface area (Å²) in [4.78, 5) is 25.4. The Balaban J connectivity index is 1.74. The molecule has 2 aromatic carbocycles. The van der Waals surface area contributed by atoms with Crippen LogP contribution in [0.2, 0.25) is 5.02 Å². The summed E-state index contributed by atoms with van der Waals surface area (Å²) >= 11 is 5.89. The Morgan fingerprint density at radius 2 is 1.85 bits per heavy atom. The smallest absolute Gasteiger partial charge is 0.253 e. The number of furan rings is 1. The molecule has 1 N–H and O–H groups in total. The van der Waals surface area contributed by atoms with Crippen LogP contribution in [0.4, 0.5) is 5.69 Å². The van der Waals surface area contributed by atoms with Gasteiger partial charge in [0.05, 0.1) is 5.69 Å². The molecule has 4 rings (SSSR count). The fourth-order valence-corrected chi connectivity index (χ4v) is 3.18. The molecule has 3 aromatic rings.